The van der Waals surface area contributed by atoms with Gasteiger partial charge in [0.25, 0.3) is 0 Å². The van der Waals surface area contributed by atoms with Crippen LogP contribution in [0.4, 0.5) is 10.1 Å². The molecule has 2 heterocycles. The van der Waals surface area contributed by atoms with E-state index in [1.54, 1.807) is 6.07 Å². The number of hydrogen-bond acceptors (Lipinski definition) is 4. The largest absolute Gasteiger partial charge is 0.491 e. The zero-order valence-corrected chi connectivity index (χ0v) is 14.2. The second kappa shape index (κ2) is 6.86. The van der Waals surface area contributed by atoms with E-state index in [0.717, 1.165) is 29.1 Å². The van der Waals surface area contributed by atoms with Gasteiger partial charge in [-0.05, 0) is 44.5 Å². The van der Waals surface area contributed by atoms with Crippen molar-refractivity contribution >= 4 is 11.4 Å². The molecule has 0 N–H and O–H groups in total. The Kier molecular flexibility index (Phi) is 4.64. The zero-order chi connectivity index (χ0) is 17.1. The van der Waals surface area contributed by atoms with Gasteiger partial charge < -0.3 is 9.64 Å². The van der Waals surface area contributed by atoms with Gasteiger partial charge in [-0.3, -0.25) is 9.67 Å². The second-order valence-corrected chi connectivity index (χ2v) is 5.56. The molecule has 1 aromatic carbocycles. The van der Waals surface area contributed by atoms with Crippen molar-refractivity contribution in [2.45, 2.75) is 27.3 Å². The Hall–Kier alpha value is -2.63. The summed E-state index contributed by atoms with van der Waals surface area (Å²) < 4.78 is 21.2. The number of allylic oxidation sites excluding steroid dienone is 1. The van der Waals surface area contributed by atoms with Gasteiger partial charge in [-0.15, -0.1) is 0 Å². The van der Waals surface area contributed by atoms with Gasteiger partial charge in [0.1, 0.15) is 6.67 Å². The number of benzene rings is 1. The molecule has 24 heavy (non-hydrogen) atoms. The Morgan fingerprint density at radius 2 is 2.12 bits per heavy atom. The molecule has 0 radical (unpaired) electrons. The summed E-state index contributed by atoms with van der Waals surface area (Å²) in [6.07, 6.45) is 5.83. The summed E-state index contributed by atoms with van der Waals surface area (Å²) in [6, 6.07) is 4.97. The van der Waals surface area contributed by atoms with E-state index < -0.39 is 0 Å². The molecule has 1 aromatic heterocycles. The van der Waals surface area contributed by atoms with Crippen LogP contribution < -0.4 is 9.64 Å². The molecular weight excluding hydrogens is 307 g/mol. The maximum Gasteiger partial charge on any atom is 0.165 e. The average Bonchev–Trinajstić information content (AvgIpc) is 3.06. The molecule has 1 aliphatic heterocycles. The van der Waals surface area contributed by atoms with Crippen molar-refractivity contribution in [1.82, 2.24) is 9.78 Å². The smallest absolute Gasteiger partial charge is 0.165 e. The molecule has 0 amide bonds. The lowest BCUT2D eigenvalue weighted by atomic mass is 10.0. The predicted octanol–water partition coefficient (Wildman–Crippen LogP) is 3.61. The lowest BCUT2D eigenvalue weighted by molar-refractivity contribution is 0.321. The Balaban J connectivity index is 1.81. The van der Waals surface area contributed by atoms with Crippen LogP contribution in [0.3, 0.4) is 0 Å². The lowest BCUT2D eigenvalue weighted by Gasteiger charge is -2.23. The van der Waals surface area contributed by atoms with Crippen molar-refractivity contribution in [3.8, 4) is 5.75 Å². The third-order valence-corrected chi connectivity index (χ3v) is 3.88. The summed E-state index contributed by atoms with van der Waals surface area (Å²) in [5.41, 5.74) is 3.54. The van der Waals surface area contributed by atoms with E-state index >= 15 is 0 Å². The van der Waals surface area contributed by atoms with Gasteiger partial charge in [-0.25, -0.2) is 4.39 Å². The van der Waals surface area contributed by atoms with Crippen LogP contribution in [-0.4, -0.2) is 28.8 Å². The van der Waals surface area contributed by atoms with Crippen LogP contribution in [-0.2, 0) is 6.54 Å². The highest BCUT2D eigenvalue weighted by atomic mass is 19.1. The van der Waals surface area contributed by atoms with Gasteiger partial charge in [-0.2, -0.15) is 5.10 Å². The fraction of sp³-hybridized carbons (Fsp3) is 0.333. The fourth-order valence-corrected chi connectivity index (χ4v) is 2.68. The number of aromatic nitrogens is 2. The summed E-state index contributed by atoms with van der Waals surface area (Å²) in [5.74, 6) is -0.0931. The van der Waals surface area contributed by atoms with Crippen LogP contribution in [0.5, 0.6) is 5.75 Å². The normalized spacial score (nSPS) is 14.4. The first-order valence-corrected chi connectivity index (χ1v) is 8.07. The monoisotopic (exact) mass is 328 g/mol. The molecule has 3 rings (SSSR count). The number of halogens is 1. The van der Waals surface area contributed by atoms with E-state index in [1.807, 2.05) is 55.0 Å². The molecule has 0 spiro atoms. The molecule has 126 valence electrons. The molecule has 2 aromatic rings. The second-order valence-electron chi connectivity index (χ2n) is 5.56. The minimum atomic E-state index is -0.364. The maximum absolute atomic E-state index is 14.1. The van der Waals surface area contributed by atoms with Crippen LogP contribution in [0.15, 0.2) is 47.4 Å². The summed E-state index contributed by atoms with van der Waals surface area (Å²) in [4.78, 5) is 6.65. The van der Waals surface area contributed by atoms with Gasteiger partial charge in [0.15, 0.2) is 11.6 Å². The van der Waals surface area contributed by atoms with Gasteiger partial charge in [-0.1, -0.05) is 0 Å². The topological polar surface area (TPSA) is 42.6 Å². The van der Waals surface area contributed by atoms with Crippen molar-refractivity contribution in [3.63, 3.8) is 0 Å². The van der Waals surface area contributed by atoms with Crippen LogP contribution >= 0.6 is 0 Å². The number of anilines is 1. The minimum absolute atomic E-state index is 0.271. The summed E-state index contributed by atoms with van der Waals surface area (Å²) >= 11 is 0. The molecule has 0 fully saturated rings. The van der Waals surface area contributed by atoms with Crippen molar-refractivity contribution in [2.75, 3.05) is 18.2 Å². The van der Waals surface area contributed by atoms with Crippen molar-refractivity contribution in [1.29, 1.82) is 0 Å². The fourth-order valence-electron chi connectivity index (χ4n) is 2.68. The Morgan fingerprint density at radius 3 is 2.75 bits per heavy atom. The predicted molar refractivity (Wildman–Crippen MR) is 93.1 cm³/mol. The van der Waals surface area contributed by atoms with E-state index in [0.29, 0.717) is 13.3 Å². The van der Waals surface area contributed by atoms with Gasteiger partial charge in [0.2, 0.25) is 0 Å². The van der Waals surface area contributed by atoms with E-state index in [-0.39, 0.29) is 11.6 Å². The average molecular weight is 328 g/mol. The maximum atomic E-state index is 14.1. The molecular formula is C18H21FN4O. The molecule has 0 atom stereocenters. The van der Waals surface area contributed by atoms with Gasteiger partial charge in [0.05, 0.1) is 24.2 Å². The first-order valence-electron chi connectivity index (χ1n) is 8.07. The number of ether oxygens (including phenoxy) is 1. The lowest BCUT2D eigenvalue weighted by Crippen LogP contribution is -2.24. The Bertz CT molecular complexity index is 794. The number of hydrogen-bond donors (Lipinski definition) is 0. The molecule has 0 saturated heterocycles. The molecule has 1 aliphatic rings. The van der Waals surface area contributed by atoms with E-state index in [9.17, 15) is 4.39 Å². The number of rotatable bonds is 5. The van der Waals surface area contributed by atoms with E-state index in [4.69, 9.17) is 4.74 Å². The van der Waals surface area contributed by atoms with Gasteiger partial charge >= 0.3 is 0 Å². The van der Waals surface area contributed by atoms with Crippen molar-refractivity contribution in [2.24, 2.45) is 4.99 Å². The summed E-state index contributed by atoms with van der Waals surface area (Å²) in [5, 5.41) is 4.28. The first-order chi connectivity index (χ1) is 11.6. The third kappa shape index (κ3) is 3.18. The first kappa shape index (κ1) is 16.2. The molecule has 5 nitrogen and oxygen atoms in total. The zero-order valence-electron chi connectivity index (χ0n) is 14.2. The van der Waals surface area contributed by atoms with Crippen molar-refractivity contribution < 1.29 is 9.13 Å². The number of aliphatic imine (C=N–C) groups is 1. The molecule has 0 saturated carbocycles. The third-order valence-electron chi connectivity index (χ3n) is 3.88. The number of aryl methyl sites for hydroxylation is 1. The Morgan fingerprint density at radius 1 is 1.29 bits per heavy atom. The highest BCUT2D eigenvalue weighted by molar-refractivity contribution is 6.13. The van der Waals surface area contributed by atoms with Gasteiger partial charge in [0, 0.05) is 24.5 Å². The standard InChI is InChI=1S/C18H21FN4O/c1-4-23-11-15(9-21-23)22-10-13(3)18(20-12-22)14-6-7-17(24-5-2)16(19)8-14/h6-11H,4-5,12H2,1-3H3. The molecule has 0 aliphatic carbocycles. The van der Waals surface area contributed by atoms with Crippen LogP contribution in [0.2, 0.25) is 0 Å². The molecule has 6 heteroatoms. The summed E-state index contributed by atoms with van der Waals surface area (Å²) in [7, 11) is 0. The Labute approximate surface area is 141 Å². The van der Waals surface area contributed by atoms with E-state index in [1.165, 1.54) is 6.07 Å². The van der Waals surface area contributed by atoms with Crippen molar-refractivity contribution in [3.05, 3.63) is 53.7 Å². The molecule has 0 bridgehead atoms. The SMILES string of the molecule is CCOc1ccc(C2=NCN(c3cnn(CC)c3)C=C2C)cc1F. The highest BCUT2D eigenvalue weighted by Gasteiger charge is 2.17. The van der Waals surface area contributed by atoms with Crippen LogP contribution in [0.1, 0.15) is 26.3 Å². The quantitative estimate of drug-likeness (QED) is 0.842. The van der Waals surface area contributed by atoms with E-state index in [2.05, 4.69) is 10.1 Å². The minimum Gasteiger partial charge on any atom is -0.491 e. The summed E-state index contributed by atoms with van der Waals surface area (Å²) in [6.45, 7) is 7.61. The number of nitrogens with zero attached hydrogens (tertiary/aromatic N) is 4. The highest BCUT2D eigenvalue weighted by Crippen LogP contribution is 2.24. The van der Waals surface area contributed by atoms with Crippen LogP contribution in [0.25, 0.3) is 0 Å². The molecule has 0 unspecified atom stereocenters. The van der Waals surface area contributed by atoms with Crippen LogP contribution in [0, 0.1) is 5.82 Å².